The zero-order valence-electron chi connectivity index (χ0n) is 50.6. The molecule has 0 fully saturated rings. The van der Waals surface area contributed by atoms with Crippen LogP contribution < -0.4 is 0 Å². The van der Waals surface area contributed by atoms with Gasteiger partial charge < -0.3 is 14.2 Å². The summed E-state index contributed by atoms with van der Waals surface area (Å²) in [5, 5.41) is 0. The molecule has 0 amide bonds. The molecule has 0 radical (unpaired) electrons. The van der Waals surface area contributed by atoms with Crippen molar-refractivity contribution in [2.45, 2.75) is 374 Å². The van der Waals surface area contributed by atoms with E-state index in [0.29, 0.717) is 19.3 Å². The summed E-state index contributed by atoms with van der Waals surface area (Å²) in [4.78, 5) is 38.2. The van der Waals surface area contributed by atoms with E-state index >= 15 is 0 Å². The Kier molecular flexibility index (Phi) is 62.1. The third-order valence-corrected chi connectivity index (χ3v) is 15.1. The zero-order chi connectivity index (χ0) is 54.3. The van der Waals surface area contributed by atoms with E-state index in [1.807, 2.05) is 0 Å². The quantitative estimate of drug-likeness (QED) is 0.0261. The zero-order valence-corrected chi connectivity index (χ0v) is 50.6. The predicted molar refractivity (Wildman–Crippen MR) is 326 cm³/mol. The van der Waals surface area contributed by atoms with Crippen molar-refractivity contribution in [3.8, 4) is 0 Å². The first-order chi connectivity index (χ1) is 37.0. The maximum Gasteiger partial charge on any atom is 0.306 e. The van der Waals surface area contributed by atoms with Crippen LogP contribution in [0.4, 0.5) is 0 Å². The summed E-state index contributed by atoms with van der Waals surface area (Å²) in [5.74, 6) is -0.872. The Labute approximate surface area is 467 Å². The Hall–Kier alpha value is -2.37. The standard InChI is InChI=1S/C69H128O6/c1-4-7-10-13-16-19-22-24-26-28-30-31-32-33-34-35-36-37-38-39-40-42-43-45-47-50-53-56-59-62-68(71)74-65-66(64-73-67(70)61-58-55-52-49-21-18-15-12-9-6-3)75-69(72)63-60-57-54-51-48-46-44-41-29-27-25-23-20-17-14-11-8-5-2/h12,15,20,23,27,29,66H,4-11,13-14,16-19,21-22,24-26,28,30-65H2,1-3H3/b15-12-,23-20-,29-27-. The molecule has 0 heterocycles. The lowest BCUT2D eigenvalue weighted by Gasteiger charge is -2.18. The van der Waals surface area contributed by atoms with Gasteiger partial charge in [-0.1, -0.05) is 314 Å². The second kappa shape index (κ2) is 64.2. The summed E-state index contributed by atoms with van der Waals surface area (Å²) in [6.07, 6.45) is 79.0. The van der Waals surface area contributed by atoms with E-state index < -0.39 is 6.10 Å². The lowest BCUT2D eigenvalue weighted by Crippen LogP contribution is -2.30. The highest BCUT2D eigenvalue weighted by atomic mass is 16.6. The van der Waals surface area contributed by atoms with Crippen LogP contribution in [0.1, 0.15) is 367 Å². The Morgan fingerprint density at radius 1 is 0.267 bits per heavy atom. The minimum absolute atomic E-state index is 0.0743. The van der Waals surface area contributed by atoms with Crippen LogP contribution in [0, 0.1) is 0 Å². The van der Waals surface area contributed by atoms with E-state index in [1.54, 1.807) is 0 Å². The molecule has 0 bridgehead atoms. The number of esters is 3. The van der Waals surface area contributed by atoms with Crippen molar-refractivity contribution in [3.05, 3.63) is 36.5 Å². The van der Waals surface area contributed by atoms with Gasteiger partial charge in [-0.15, -0.1) is 0 Å². The van der Waals surface area contributed by atoms with Gasteiger partial charge in [0.25, 0.3) is 0 Å². The van der Waals surface area contributed by atoms with Gasteiger partial charge in [-0.25, -0.2) is 0 Å². The van der Waals surface area contributed by atoms with Crippen LogP contribution in [0.3, 0.4) is 0 Å². The minimum atomic E-state index is -0.777. The van der Waals surface area contributed by atoms with Crippen molar-refractivity contribution >= 4 is 17.9 Å². The van der Waals surface area contributed by atoms with E-state index in [-0.39, 0.29) is 31.1 Å². The molecule has 440 valence electrons. The molecule has 75 heavy (non-hydrogen) atoms. The Bertz CT molecular complexity index is 1250. The maximum atomic E-state index is 12.9. The van der Waals surface area contributed by atoms with Crippen LogP contribution in [0.2, 0.25) is 0 Å². The molecule has 0 N–H and O–H groups in total. The third-order valence-electron chi connectivity index (χ3n) is 15.1. The van der Waals surface area contributed by atoms with E-state index in [2.05, 4.69) is 57.2 Å². The van der Waals surface area contributed by atoms with Gasteiger partial charge in [-0.3, -0.25) is 14.4 Å². The molecule has 0 aliphatic heterocycles. The largest absolute Gasteiger partial charge is 0.462 e. The van der Waals surface area contributed by atoms with Crippen LogP contribution in [-0.4, -0.2) is 37.2 Å². The topological polar surface area (TPSA) is 78.9 Å². The first-order valence-electron chi connectivity index (χ1n) is 33.5. The van der Waals surface area contributed by atoms with E-state index in [0.717, 1.165) is 83.5 Å². The molecule has 0 aromatic carbocycles. The molecule has 0 rings (SSSR count). The van der Waals surface area contributed by atoms with Gasteiger partial charge in [0, 0.05) is 19.3 Å². The normalized spacial score (nSPS) is 12.2. The van der Waals surface area contributed by atoms with E-state index in [1.165, 1.54) is 244 Å². The number of rotatable bonds is 62. The SMILES string of the molecule is CCC/C=C\CCCCCCCC(=O)OCC(COC(=O)CCCCCCCCCCCCCCCCCCCCCCCCCCCCCCC)OC(=O)CCCCCCCCC/C=C\C/C=C\CCCCCC. The molecule has 0 spiro atoms. The third kappa shape index (κ3) is 62.4. The van der Waals surface area contributed by atoms with Crippen LogP contribution in [-0.2, 0) is 28.6 Å². The summed E-state index contributed by atoms with van der Waals surface area (Å²) in [6, 6.07) is 0. The first kappa shape index (κ1) is 72.6. The van der Waals surface area contributed by atoms with Crippen molar-refractivity contribution in [3.63, 3.8) is 0 Å². The van der Waals surface area contributed by atoms with Crippen molar-refractivity contribution in [1.29, 1.82) is 0 Å². The molecule has 1 atom stereocenters. The van der Waals surface area contributed by atoms with Crippen molar-refractivity contribution in [2.75, 3.05) is 13.2 Å². The Morgan fingerprint density at radius 3 is 0.813 bits per heavy atom. The minimum Gasteiger partial charge on any atom is -0.462 e. The van der Waals surface area contributed by atoms with Crippen molar-refractivity contribution in [2.24, 2.45) is 0 Å². The fraction of sp³-hybridized carbons (Fsp3) is 0.870. The summed E-state index contributed by atoms with van der Waals surface area (Å²) in [5.41, 5.74) is 0. The van der Waals surface area contributed by atoms with Gasteiger partial charge in [-0.05, 0) is 70.6 Å². The smallest absolute Gasteiger partial charge is 0.306 e. The Balaban J connectivity index is 4.11. The Morgan fingerprint density at radius 2 is 0.507 bits per heavy atom. The van der Waals surface area contributed by atoms with Gasteiger partial charge in [0.2, 0.25) is 0 Å². The number of unbranched alkanes of at least 4 members (excludes halogenated alkanes) is 45. The summed E-state index contributed by atoms with van der Waals surface area (Å²) >= 11 is 0. The number of ether oxygens (including phenoxy) is 3. The fourth-order valence-electron chi connectivity index (χ4n) is 10.1. The fourth-order valence-corrected chi connectivity index (χ4v) is 10.1. The van der Waals surface area contributed by atoms with E-state index in [9.17, 15) is 14.4 Å². The van der Waals surface area contributed by atoms with E-state index in [4.69, 9.17) is 14.2 Å². The molecular formula is C69H128O6. The molecule has 0 aromatic heterocycles. The number of carbonyl (C=O) groups is 3. The first-order valence-corrected chi connectivity index (χ1v) is 33.5. The molecule has 0 aromatic rings. The molecular weight excluding hydrogens is 925 g/mol. The summed E-state index contributed by atoms with van der Waals surface area (Å²) in [6.45, 7) is 6.61. The highest BCUT2D eigenvalue weighted by Gasteiger charge is 2.19. The lowest BCUT2D eigenvalue weighted by atomic mass is 10.0. The van der Waals surface area contributed by atoms with Gasteiger partial charge in [-0.2, -0.15) is 0 Å². The van der Waals surface area contributed by atoms with Crippen molar-refractivity contribution in [1.82, 2.24) is 0 Å². The van der Waals surface area contributed by atoms with Crippen LogP contribution in [0.25, 0.3) is 0 Å². The lowest BCUT2D eigenvalue weighted by molar-refractivity contribution is -0.167. The predicted octanol–water partition coefficient (Wildman–Crippen LogP) is 22.8. The monoisotopic (exact) mass is 1050 g/mol. The second-order valence-corrected chi connectivity index (χ2v) is 22.7. The van der Waals surface area contributed by atoms with Crippen molar-refractivity contribution < 1.29 is 28.6 Å². The molecule has 0 saturated heterocycles. The number of hydrogen-bond donors (Lipinski definition) is 0. The van der Waals surface area contributed by atoms with Gasteiger partial charge in [0.05, 0.1) is 0 Å². The van der Waals surface area contributed by atoms with Gasteiger partial charge in [0.1, 0.15) is 13.2 Å². The second-order valence-electron chi connectivity index (χ2n) is 22.7. The van der Waals surface area contributed by atoms with Gasteiger partial charge >= 0.3 is 17.9 Å². The molecule has 1 unspecified atom stereocenters. The average Bonchev–Trinajstić information content (AvgIpc) is 3.41. The van der Waals surface area contributed by atoms with Crippen LogP contribution >= 0.6 is 0 Å². The van der Waals surface area contributed by atoms with Gasteiger partial charge in [0.15, 0.2) is 6.10 Å². The molecule has 0 aliphatic carbocycles. The highest BCUT2D eigenvalue weighted by molar-refractivity contribution is 5.71. The summed E-state index contributed by atoms with van der Waals surface area (Å²) < 4.78 is 16.9. The molecule has 0 saturated carbocycles. The van der Waals surface area contributed by atoms with Crippen LogP contribution in [0.15, 0.2) is 36.5 Å². The number of hydrogen-bond acceptors (Lipinski definition) is 6. The maximum absolute atomic E-state index is 12.9. The highest BCUT2D eigenvalue weighted by Crippen LogP contribution is 2.18. The molecule has 6 heteroatoms. The number of carbonyl (C=O) groups excluding carboxylic acids is 3. The summed E-state index contributed by atoms with van der Waals surface area (Å²) in [7, 11) is 0. The number of allylic oxidation sites excluding steroid dienone is 6. The molecule has 0 aliphatic rings. The molecule has 6 nitrogen and oxygen atoms in total. The van der Waals surface area contributed by atoms with Crippen LogP contribution in [0.5, 0.6) is 0 Å². The average molecular weight is 1050 g/mol.